The number of esters is 1. The summed E-state index contributed by atoms with van der Waals surface area (Å²) in [5, 5.41) is 18.9. The van der Waals surface area contributed by atoms with Crippen LogP contribution >= 0.6 is 11.6 Å². The molecule has 1 amide bonds. The molecule has 2 bridgehead atoms. The number of hydrogen-bond donors (Lipinski definition) is 2. The second-order valence-corrected chi connectivity index (χ2v) is 10.5. The van der Waals surface area contributed by atoms with Crippen molar-refractivity contribution >= 4 is 29.3 Å². The summed E-state index contributed by atoms with van der Waals surface area (Å²) in [6, 6.07) is 17.2. The monoisotopic (exact) mass is 524 g/mol. The average Bonchev–Trinajstić information content (AvgIpc) is 3.36. The van der Waals surface area contributed by atoms with E-state index < -0.39 is 17.7 Å². The highest BCUT2D eigenvalue weighted by molar-refractivity contribution is 6.31. The van der Waals surface area contributed by atoms with Crippen LogP contribution in [0.1, 0.15) is 36.7 Å². The maximum Gasteiger partial charge on any atom is 0.348 e. The summed E-state index contributed by atoms with van der Waals surface area (Å²) in [6.07, 6.45) is 1.95. The van der Waals surface area contributed by atoms with Crippen LogP contribution in [0.5, 0.6) is 0 Å². The highest BCUT2D eigenvalue weighted by Crippen LogP contribution is 2.39. The number of quaternary nitrogens is 1. The molecule has 2 aromatic carbocycles. The van der Waals surface area contributed by atoms with E-state index in [0.717, 1.165) is 25.9 Å². The normalized spacial score (nSPS) is 24.3. The van der Waals surface area contributed by atoms with E-state index >= 15 is 0 Å². The number of amides is 1. The summed E-state index contributed by atoms with van der Waals surface area (Å²) >= 11 is 6.44. The van der Waals surface area contributed by atoms with E-state index in [1.807, 2.05) is 13.0 Å². The van der Waals surface area contributed by atoms with Gasteiger partial charge >= 0.3 is 5.97 Å². The van der Waals surface area contributed by atoms with Gasteiger partial charge in [0.05, 0.1) is 13.1 Å². The van der Waals surface area contributed by atoms with Crippen LogP contribution in [0.3, 0.4) is 0 Å². The van der Waals surface area contributed by atoms with E-state index in [2.05, 4.69) is 10.5 Å². The van der Waals surface area contributed by atoms with Crippen molar-refractivity contribution in [3.8, 4) is 0 Å². The first kappa shape index (κ1) is 25.4. The van der Waals surface area contributed by atoms with Crippen molar-refractivity contribution in [3.63, 3.8) is 0 Å². The molecule has 194 valence electrons. The zero-order valence-electron chi connectivity index (χ0n) is 20.7. The van der Waals surface area contributed by atoms with Crippen molar-refractivity contribution in [3.05, 3.63) is 82.6 Å². The summed E-state index contributed by atoms with van der Waals surface area (Å²) in [5.74, 6) is 0.377. The summed E-state index contributed by atoms with van der Waals surface area (Å²) in [6.45, 7) is 4.38. The first-order valence-electron chi connectivity index (χ1n) is 12.7. The van der Waals surface area contributed by atoms with Crippen molar-refractivity contribution in [1.82, 2.24) is 5.16 Å². The number of nitrogens with zero attached hydrogens (tertiary/aromatic N) is 2. The molecule has 4 heterocycles. The van der Waals surface area contributed by atoms with Crippen LogP contribution in [0.2, 0.25) is 5.02 Å². The smallest absolute Gasteiger partial charge is 0.348 e. The van der Waals surface area contributed by atoms with Crippen LogP contribution < -0.4 is 5.32 Å². The molecule has 0 saturated carbocycles. The van der Waals surface area contributed by atoms with Gasteiger partial charge in [0.25, 0.3) is 5.91 Å². The number of benzene rings is 2. The Bertz CT molecular complexity index is 1270. The maximum atomic E-state index is 13.7. The highest BCUT2D eigenvalue weighted by Gasteiger charge is 2.51. The van der Waals surface area contributed by atoms with Crippen LogP contribution in [-0.2, 0) is 26.3 Å². The van der Waals surface area contributed by atoms with Crippen molar-refractivity contribution in [2.24, 2.45) is 5.92 Å². The standard InChI is InChI=1S/C28H30ClN3O5/c1-2-21-16-25(31-37-21)30-26(33)18-32-14-12-19(13-15-32)24(17-32)36-27(34)28(35,20-8-4-3-5-9-20)22-10-6-7-11-23(22)29/h3-11,16,19,24,35H,2,12-15,17-18H2,1H3/p+1/t19?,24-,28?,32?/m0/s1. The Labute approximate surface area is 220 Å². The zero-order valence-corrected chi connectivity index (χ0v) is 21.5. The first-order chi connectivity index (χ1) is 17.8. The van der Waals surface area contributed by atoms with Crippen LogP contribution in [0, 0.1) is 5.92 Å². The Hall–Kier alpha value is -3.20. The number of aryl methyl sites for hydroxylation is 1. The zero-order chi connectivity index (χ0) is 26.0. The Balaban J connectivity index is 1.34. The number of piperidine rings is 3. The summed E-state index contributed by atoms with van der Waals surface area (Å²) < 4.78 is 11.8. The van der Waals surface area contributed by atoms with Gasteiger partial charge in [-0.25, -0.2) is 4.79 Å². The molecule has 3 fully saturated rings. The third-order valence-corrected chi connectivity index (χ3v) is 8.03. The second-order valence-electron chi connectivity index (χ2n) is 10.0. The Morgan fingerprint density at radius 3 is 2.54 bits per heavy atom. The van der Waals surface area contributed by atoms with Crippen LogP contribution in [0.15, 0.2) is 65.2 Å². The second kappa shape index (κ2) is 10.3. The predicted octanol–water partition coefficient (Wildman–Crippen LogP) is 3.92. The Morgan fingerprint density at radius 1 is 1.16 bits per heavy atom. The van der Waals surface area contributed by atoms with E-state index in [0.29, 0.717) is 34.6 Å². The molecule has 8 nitrogen and oxygen atoms in total. The average molecular weight is 525 g/mol. The molecule has 3 aromatic rings. The molecule has 2 N–H and O–H groups in total. The van der Waals surface area contributed by atoms with Crippen molar-refractivity contribution in [1.29, 1.82) is 0 Å². The fourth-order valence-electron chi connectivity index (χ4n) is 5.64. The molecule has 1 unspecified atom stereocenters. The fourth-order valence-corrected chi connectivity index (χ4v) is 5.91. The van der Waals surface area contributed by atoms with Gasteiger partial charge in [-0.3, -0.25) is 4.79 Å². The van der Waals surface area contributed by atoms with E-state index in [9.17, 15) is 14.7 Å². The number of carbonyl (C=O) groups is 2. The minimum Gasteiger partial charge on any atom is -0.453 e. The third kappa shape index (κ3) is 5.01. The number of aromatic nitrogens is 1. The first-order valence-corrected chi connectivity index (χ1v) is 13.1. The van der Waals surface area contributed by atoms with Gasteiger partial charge in [-0.15, -0.1) is 0 Å². The van der Waals surface area contributed by atoms with E-state index in [-0.39, 0.29) is 29.0 Å². The Kier molecular flexibility index (Phi) is 7.07. The number of carbonyl (C=O) groups excluding carboxylic acids is 2. The van der Waals surface area contributed by atoms with Crippen LogP contribution in [0.4, 0.5) is 5.82 Å². The number of hydrogen-bond acceptors (Lipinski definition) is 6. The van der Waals surface area contributed by atoms with Gasteiger partial charge in [-0.05, 0) is 11.6 Å². The summed E-state index contributed by atoms with van der Waals surface area (Å²) in [5.41, 5.74) is -1.40. The van der Waals surface area contributed by atoms with Gasteiger partial charge in [0.15, 0.2) is 18.5 Å². The van der Waals surface area contributed by atoms with E-state index in [1.54, 1.807) is 54.6 Å². The molecule has 0 spiro atoms. The summed E-state index contributed by atoms with van der Waals surface area (Å²) in [4.78, 5) is 26.6. The van der Waals surface area contributed by atoms with Crippen molar-refractivity contribution < 1.29 is 28.4 Å². The Morgan fingerprint density at radius 2 is 1.86 bits per heavy atom. The number of halogens is 1. The van der Waals surface area contributed by atoms with Gasteiger partial charge in [0.2, 0.25) is 5.60 Å². The molecular weight excluding hydrogens is 494 g/mol. The third-order valence-electron chi connectivity index (χ3n) is 7.70. The minimum atomic E-state index is -2.06. The van der Waals surface area contributed by atoms with Crippen LogP contribution in [-0.4, -0.2) is 58.9 Å². The molecule has 3 aliphatic heterocycles. The topological polar surface area (TPSA) is 102 Å². The number of aliphatic hydroxyl groups is 1. The molecule has 3 saturated heterocycles. The molecular formula is C28H31ClN3O5+. The predicted molar refractivity (Wildman–Crippen MR) is 138 cm³/mol. The molecule has 37 heavy (non-hydrogen) atoms. The molecule has 2 atom stereocenters. The lowest BCUT2D eigenvalue weighted by molar-refractivity contribution is -0.939. The SMILES string of the molecule is CCc1cc(NC(=O)C[N+]23CCC(CC2)[C@@H](OC(=O)C(O)(c2ccccc2)c2ccccc2Cl)C3)no1. The lowest BCUT2D eigenvalue weighted by Crippen LogP contribution is -2.66. The number of nitrogens with one attached hydrogen (secondary N) is 1. The molecule has 1 aromatic heterocycles. The number of ether oxygens (including phenoxy) is 1. The minimum absolute atomic E-state index is 0.154. The van der Waals surface area contributed by atoms with Crippen molar-refractivity contribution in [2.75, 3.05) is 31.5 Å². The number of fused-ring (bicyclic) bond motifs is 3. The number of anilines is 1. The molecule has 6 rings (SSSR count). The van der Waals surface area contributed by atoms with Crippen molar-refractivity contribution in [2.45, 2.75) is 37.9 Å². The van der Waals surface area contributed by atoms with Gasteiger partial charge in [-0.2, -0.15) is 0 Å². The number of rotatable bonds is 8. The molecule has 0 aliphatic carbocycles. The highest BCUT2D eigenvalue weighted by atomic mass is 35.5. The lowest BCUT2D eigenvalue weighted by Gasteiger charge is -2.51. The quantitative estimate of drug-likeness (QED) is 0.342. The maximum absolute atomic E-state index is 13.7. The van der Waals surface area contributed by atoms with Gasteiger partial charge < -0.3 is 24.2 Å². The fraction of sp³-hybridized carbons (Fsp3) is 0.393. The van der Waals surface area contributed by atoms with Gasteiger partial charge in [0.1, 0.15) is 12.3 Å². The van der Waals surface area contributed by atoms with Gasteiger partial charge in [0, 0.05) is 41.8 Å². The van der Waals surface area contributed by atoms with E-state index in [4.69, 9.17) is 20.9 Å². The molecule has 0 radical (unpaired) electrons. The largest absolute Gasteiger partial charge is 0.453 e. The van der Waals surface area contributed by atoms with Crippen LogP contribution in [0.25, 0.3) is 0 Å². The molecule has 3 aliphatic rings. The van der Waals surface area contributed by atoms with Gasteiger partial charge in [-0.1, -0.05) is 72.2 Å². The lowest BCUT2D eigenvalue weighted by atomic mass is 9.82. The van der Waals surface area contributed by atoms with E-state index in [1.165, 1.54) is 0 Å². The summed E-state index contributed by atoms with van der Waals surface area (Å²) in [7, 11) is 0. The molecule has 9 heteroatoms.